The lowest BCUT2D eigenvalue weighted by atomic mass is 10.2. The summed E-state index contributed by atoms with van der Waals surface area (Å²) in [5.74, 6) is 2.31. The molecule has 1 fully saturated rings. The second-order valence-electron chi connectivity index (χ2n) is 5.57. The molecule has 5 heteroatoms. The van der Waals surface area contributed by atoms with Gasteiger partial charge in [-0.3, -0.25) is 4.79 Å². The average molecular weight is 315 g/mol. The van der Waals surface area contributed by atoms with Crippen LogP contribution < -0.4 is 10.5 Å². The number of nitrogens with zero attached hydrogens (tertiary/aromatic N) is 3. The van der Waals surface area contributed by atoms with Crippen LogP contribution >= 0.6 is 11.8 Å². The molecule has 0 N–H and O–H groups in total. The first-order chi connectivity index (χ1) is 10.8. The Morgan fingerprint density at radius 3 is 2.91 bits per heavy atom. The molecule has 1 aliphatic heterocycles. The van der Waals surface area contributed by atoms with E-state index in [0.717, 1.165) is 25.3 Å². The number of rotatable bonds is 5. The fourth-order valence-electron chi connectivity index (χ4n) is 2.79. The maximum Gasteiger partial charge on any atom is 0.293 e. The molecular weight excluding hydrogens is 294 g/mol. The van der Waals surface area contributed by atoms with Gasteiger partial charge in [-0.1, -0.05) is 18.2 Å². The number of aryl methyl sites for hydroxylation is 1. The number of aromatic nitrogens is 2. The molecule has 0 spiro atoms. The van der Waals surface area contributed by atoms with Gasteiger partial charge >= 0.3 is 0 Å². The normalized spacial score (nSPS) is 17.9. The number of hydrogen-bond acceptors (Lipinski definition) is 4. The van der Waals surface area contributed by atoms with E-state index in [1.807, 2.05) is 24.8 Å². The lowest BCUT2D eigenvalue weighted by Gasteiger charge is -2.17. The van der Waals surface area contributed by atoms with Crippen molar-refractivity contribution in [2.75, 3.05) is 23.7 Å². The molecule has 116 valence electrons. The molecule has 1 aliphatic rings. The van der Waals surface area contributed by atoms with Gasteiger partial charge in [-0.25, -0.2) is 4.98 Å². The van der Waals surface area contributed by atoms with E-state index in [0.29, 0.717) is 18.3 Å². The summed E-state index contributed by atoms with van der Waals surface area (Å²) >= 11 is 1.90. The van der Waals surface area contributed by atoms with Crippen LogP contribution in [-0.2, 0) is 6.54 Å². The minimum Gasteiger partial charge on any atom is -0.352 e. The van der Waals surface area contributed by atoms with E-state index in [1.165, 1.54) is 4.90 Å². The SMILES string of the molecule is CCn1ccnc(N2CC[C@@H](CSc3ccccc3)C2)c1=O. The zero-order valence-electron chi connectivity index (χ0n) is 12.8. The van der Waals surface area contributed by atoms with Gasteiger partial charge in [0.05, 0.1) is 0 Å². The molecule has 1 atom stereocenters. The molecule has 2 aromatic rings. The summed E-state index contributed by atoms with van der Waals surface area (Å²) in [5.41, 5.74) is 0.0290. The zero-order valence-corrected chi connectivity index (χ0v) is 13.6. The fraction of sp³-hybridized carbons (Fsp3) is 0.412. The molecule has 22 heavy (non-hydrogen) atoms. The smallest absolute Gasteiger partial charge is 0.293 e. The van der Waals surface area contributed by atoms with Crippen LogP contribution in [0.3, 0.4) is 0 Å². The van der Waals surface area contributed by atoms with Gasteiger partial charge in [0, 0.05) is 42.7 Å². The predicted molar refractivity (Wildman–Crippen MR) is 91.7 cm³/mol. The van der Waals surface area contributed by atoms with Crippen LogP contribution in [0.2, 0.25) is 0 Å². The first-order valence-corrected chi connectivity index (χ1v) is 8.74. The van der Waals surface area contributed by atoms with Crippen molar-refractivity contribution >= 4 is 17.6 Å². The zero-order chi connectivity index (χ0) is 15.4. The van der Waals surface area contributed by atoms with Gasteiger partial charge in [0.15, 0.2) is 5.82 Å². The number of anilines is 1. The third kappa shape index (κ3) is 3.35. The number of benzene rings is 1. The van der Waals surface area contributed by atoms with E-state index in [2.05, 4.69) is 34.1 Å². The van der Waals surface area contributed by atoms with Crippen molar-refractivity contribution in [3.8, 4) is 0 Å². The van der Waals surface area contributed by atoms with Gasteiger partial charge in [-0.2, -0.15) is 0 Å². The standard InChI is InChI=1S/C17H21N3OS/c1-2-19-11-9-18-16(17(19)21)20-10-8-14(12-20)13-22-15-6-4-3-5-7-15/h3-7,9,11,14H,2,8,10,12-13H2,1H3/t14-/m1/s1. The van der Waals surface area contributed by atoms with E-state index >= 15 is 0 Å². The first-order valence-electron chi connectivity index (χ1n) is 7.76. The van der Waals surface area contributed by atoms with Crippen molar-refractivity contribution in [3.63, 3.8) is 0 Å². The third-order valence-electron chi connectivity index (χ3n) is 4.05. The second-order valence-corrected chi connectivity index (χ2v) is 6.66. The molecule has 0 saturated carbocycles. The Hall–Kier alpha value is -1.75. The summed E-state index contributed by atoms with van der Waals surface area (Å²) in [5, 5.41) is 0. The summed E-state index contributed by atoms with van der Waals surface area (Å²) in [4.78, 5) is 20.1. The summed E-state index contributed by atoms with van der Waals surface area (Å²) < 4.78 is 1.72. The molecular formula is C17H21N3OS. The quantitative estimate of drug-likeness (QED) is 0.795. The topological polar surface area (TPSA) is 38.1 Å². The van der Waals surface area contributed by atoms with E-state index < -0.39 is 0 Å². The summed E-state index contributed by atoms with van der Waals surface area (Å²) in [6, 6.07) is 10.5. The highest BCUT2D eigenvalue weighted by molar-refractivity contribution is 7.99. The molecule has 4 nitrogen and oxygen atoms in total. The molecule has 2 heterocycles. The Bertz CT molecular complexity index is 671. The molecule has 0 bridgehead atoms. The maximum absolute atomic E-state index is 12.3. The maximum atomic E-state index is 12.3. The van der Waals surface area contributed by atoms with Crippen molar-refractivity contribution in [1.82, 2.24) is 9.55 Å². The second kappa shape index (κ2) is 7.01. The number of thioether (sulfide) groups is 1. The highest BCUT2D eigenvalue weighted by Gasteiger charge is 2.25. The Morgan fingerprint density at radius 1 is 1.32 bits per heavy atom. The summed E-state index contributed by atoms with van der Waals surface area (Å²) in [7, 11) is 0. The van der Waals surface area contributed by atoms with Gasteiger partial charge in [0.1, 0.15) is 0 Å². The predicted octanol–water partition coefficient (Wildman–Crippen LogP) is 2.88. The molecule has 0 unspecified atom stereocenters. The van der Waals surface area contributed by atoms with Crippen molar-refractivity contribution in [1.29, 1.82) is 0 Å². The van der Waals surface area contributed by atoms with Gasteiger partial charge in [-0.05, 0) is 31.4 Å². The van der Waals surface area contributed by atoms with Crippen molar-refractivity contribution in [3.05, 3.63) is 53.1 Å². The summed E-state index contributed by atoms with van der Waals surface area (Å²) in [6.07, 6.45) is 4.61. The minimum absolute atomic E-state index is 0.0290. The molecule has 0 radical (unpaired) electrons. The Labute approximate surface area is 135 Å². The number of hydrogen-bond donors (Lipinski definition) is 0. The van der Waals surface area contributed by atoms with Crippen molar-refractivity contribution < 1.29 is 0 Å². The van der Waals surface area contributed by atoms with E-state index in [-0.39, 0.29) is 5.56 Å². The van der Waals surface area contributed by atoms with Gasteiger partial charge in [0.2, 0.25) is 0 Å². The average Bonchev–Trinajstić information content (AvgIpc) is 3.03. The molecule has 1 saturated heterocycles. The van der Waals surface area contributed by atoms with Crippen molar-refractivity contribution in [2.24, 2.45) is 5.92 Å². The van der Waals surface area contributed by atoms with Crippen LogP contribution in [0.4, 0.5) is 5.82 Å². The molecule has 0 aliphatic carbocycles. The van der Waals surface area contributed by atoms with Gasteiger partial charge in [0.25, 0.3) is 5.56 Å². The van der Waals surface area contributed by atoms with E-state index in [9.17, 15) is 4.79 Å². The van der Waals surface area contributed by atoms with Gasteiger partial charge < -0.3 is 9.47 Å². The largest absolute Gasteiger partial charge is 0.352 e. The molecule has 0 amide bonds. The van der Waals surface area contributed by atoms with Crippen LogP contribution in [-0.4, -0.2) is 28.4 Å². The Morgan fingerprint density at radius 2 is 2.14 bits per heavy atom. The van der Waals surface area contributed by atoms with Crippen LogP contribution in [0.25, 0.3) is 0 Å². The Balaban J connectivity index is 1.62. The monoisotopic (exact) mass is 315 g/mol. The van der Waals surface area contributed by atoms with Gasteiger partial charge in [-0.15, -0.1) is 11.8 Å². The highest BCUT2D eigenvalue weighted by Crippen LogP contribution is 2.26. The lowest BCUT2D eigenvalue weighted by molar-refractivity contribution is 0.667. The molecule has 3 rings (SSSR count). The van der Waals surface area contributed by atoms with E-state index in [4.69, 9.17) is 0 Å². The highest BCUT2D eigenvalue weighted by atomic mass is 32.2. The van der Waals surface area contributed by atoms with Crippen LogP contribution in [0, 0.1) is 5.92 Å². The summed E-state index contributed by atoms with van der Waals surface area (Å²) in [6.45, 7) is 4.52. The van der Waals surface area contributed by atoms with Crippen LogP contribution in [0.1, 0.15) is 13.3 Å². The molecule has 1 aromatic heterocycles. The van der Waals surface area contributed by atoms with E-state index in [1.54, 1.807) is 17.0 Å². The molecule has 1 aromatic carbocycles. The fourth-order valence-corrected chi connectivity index (χ4v) is 3.84. The minimum atomic E-state index is 0.0290. The third-order valence-corrected chi connectivity index (χ3v) is 5.29. The lowest BCUT2D eigenvalue weighted by Crippen LogP contribution is -2.31. The van der Waals surface area contributed by atoms with Crippen LogP contribution in [0.5, 0.6) is 0 Å². The first kappa shape index (κ1) is 15.2. The van der Waals surface area contributed by atoms with Crippen LogP contribution in [0.15, 0.2) is 52.4 Å². The van der Waals surface area contributed by atoms with Crippen molar-refractivity contribution in [2.45, 2.75) is 24.8 Å². The Kier molecular flexibility index (Phi) is 4.83.